The summed E-state index contributed by atoms with van der Waals surface area (Å²) in [6, 6.07) is -0.345. The molecule has 0 amide bonds. The van der Waals surface area contributed by atoms with Crippen molar-refractivity contribution in [3.63, 3.8) is 0 Å². The van der Waals surface area contributed by atoms with Crippen molar-refractivity contribution in [2.24, 2.45) is 0 Å². The minimum absolute atomic E-state index is 0.0447. The first-order valence-electron chi connectivity index (χ1n) is 3.57. The molecule has 0 bridgehead atoms. The van der Waals surface area contributed by atoms with Crippen LogP contribution < -0.4 is 10.6 Å². The van der Waals surface area contributed by atoms with Crippen molar-refractivity contribution in [3.05, 3.63) is 0 Å². The van der Waals surface area contributed by atoms with Gasteiger partial charge in [0.15, 0.2) is 0 Å². The van der Waals surface area contributed by atoms with Crippen LogP contribution in [0.1, 0.15) is 0 Å². The van der Waals surface area contributed by atoms with Gasteiger partial charge in [0.2, 0.25) is 0 Å². The Bertz CT molecular complexity index is 193. The zero-order chi connectivity index (χ0) is 7.90. The summed E-state index contributed by atoms with van der Waals surface area (Å²) >= 11 is 1.71. The maximum Gasteiger partial charge on any atom is 0.321 e. The number of nitrogens with one attached hydrogen (secondary N) is 2. The van der Waals surface area contributed by atoms with E-state index in [-0.39, 0.29) is 10.9 Å². The number of rotatable bonds is 1. The van der Waals surface area contributed by atoms with Crippen LogP contribution in [0.25, 0.3) is 0 Å². The molecule has 2 saturated heterocycles. The smallest absolute Gasteiger partial charge is 0.321 e. The van der Waals surface area contributed by atoms with E-state index in [1.807, 2.05) is 0 Å². The van der Waals surface area contributed by atoms with Gasteiger partial charge in [-0.25, -0.2) is 0 Å². The molecule has 5 heteroatoms. The number of hydrogen-bond acceptors (Lipinski definition) is 4. The van der Waals surface area contributed by atoms with Gasteiger partial charge in [0.1, 0.15) is 6.04 Å². The largest absolute Gasteiger partial charge is 0.480 e. The summed E-state index contributed by atoms with van der Waals surface area (Å²) in [6.07, 6.45) is 0. The van der Waals surface area contributed by atoms with Crippen LogP contribution >= 0.6 is 11.8 Å². The van der Waals surface area contributed by atoms with Gasteiger partial charge in [-0.2, -0.15) is 0 Å². The maximum atomic E-state index is 10.5. The van der Waals surface area contributed by atoms with E-state index in [4.69, 9.17) is 5.11 Å². The second-order valence-electron chi connectivity index (χ2n) is 2.94. The molecule has 0 aromatic heterocycles. The van der Waals surface area contributed by atoms with Crippen molar-refractivity contribution in [2.45, 2.75) is 10.9 Å². The van der Waals surface area contributed by atoms with E-state index in [1.165, 1.54) is 0 Å². The Hall–Kier alpha value is -0.260. The SMILES string of the molecule is O=C(O)[C@H]1CSC2(CNC2)N1. The third-order valence-corrected chi connectivity index (χ3v) is 3.54. The molecule has 0 aliphatic carbocycles. The van der Waals surface area contributed by atoms with Crippen LogP contribution in [0.4, 0.5) is 0 Å². The first-order chi connectivity index (χ1) is 5.22. The van der Waals surface area contributed by atoms with Crippen molar-refractivity contribution >= 4 is 17.7 Å². The van der Waals surface area contributed by atoms with Crippen molar-refractivity contribution in [2.75, 3.05) is 18.8 Å². The molecule has 62 valence electrons. The summed E-state index contributed by atoms with van der Waals surface area (Å²) in [5, 5.41) is 14.9. The predicted molar refractivity (Wildman–Crippen MR) is 42.6 cm³/mol. The summed E-state index contributed by atoms with van der Waals surface area (Å²) < 4.78 is 0. The third-order valence-electron chi connectivity index (χ3n) is 2.08. The quantitative estimate of drug-likeness (QED) is 0.480. The fourth-order valence-electron chi connectivity index (χ4n) is 1.33. The standard InChI is InChI=1S/C6H10N2O2S/c9-5(10)4-1-11-6(8-4)2-7-3-6/h4,7-8H,1-3H2,(H,9,10)/t4-/m1/s1. The summed E-state index contributed by atoms with van der Waals surface area (Å²) in [5.41, 5.74) is 0. The Morgan fingerprint density at radius 2 is 2.36 bits per heavy atom. The van der Waals surface area contributed by atoms with E-state index in [1.54, 1.807) is 11.8 Å². The van der Waals surface area contributed by atoms with Crippen molar-refractivity contribution in [3.8, 4) is 0 Å². The van der Waals surface area contributed by atoms with Crippen LogP contribution in [0.5, 0.6) is 0 Å². The summed E-state index contributed by atoms with van der Waals surface area (Å²) in [5.74, 6) is -0.0434. The monoisotopic (exact) mass is 174 g/mol. The fraction of sp³-hybridized carbons (Fsp3) is 0.833. The van der Waals surface area contributed by atoms with Gasteiger partial charge in [-0.05, 0) is 0 Å². The van der Waals surface area contributed by atoms with E-state index in [0.29, 0.717) is 5.75 Å². The zero-order valence-electron chi connectivity index (χ0n) is 5.96. The molecule has 0 aromatic rings. The molecule has 2 aliphatic rings. The molecule has 1 atom stereocenters. The van der Waals surface area contributed by atoms with E-state index in [0.717, 1.165) is 13.1 Å². The van der Waals surface area contributed by atoms with E-state index < -0.39 is 5.97 Å². The van der Waals surface area contributed by atoms with Gasteiger partial charge in [0.25, 0.3) is 0 Å². The molecular weight excluding hydrogens is 164 g/mol. The second kappa shape index (κ2) is 2.36. The average Bonchev–Trinajstić information content (AvgIpc) is 2.28. The molecule has 0 radical (unpaired) electrons. The van der Waals surface area contributed by atoms with Gasteiger partial charge in [-0.15, -0.1) is 11.8 Å². The Morgan fingerprint density at radius 3 is 2.64 bits per heavy atom. The first-order valence-corrected chi connectivity index (χ1v) is 4.56. The number of carboxylic acid groups (broad SMARTS) is 1. The van der Waals surface area contributed by atoms with Gasteiger partial charge in [-0.3, -0.25) is 10.1 Å². The molecular formula is C6H10N2O2S. The van der Waals surface area contributed by atoms with Gasteiger partial charge in [0, 0.05) is 18.8 Å². The number of aliphatic carboxylic acids is 1. The lowest BCUT2D eigenvalue weighted by Gasteiger charge is -2.38. The number of thioether (sulfide) groups is 1. The highest BCUT2D eigenvalue weighted by molar-refractivity contribution is 8.01. The Morgan fingerprint density at radius 1 is 1.64 bits per heavy atom. The lowest BCUT2D eigenvalue weighted by atomic mass is 10.1. The molecule has 11 heavy (non-hydrogen) atoms. The normalized spacial score (nSPS) is 33.6. The molecule has 2 heterocycles. The Kier molecular flexibility index (Phi) is 1.59. The van der Waals surface area contributed by atoms with Crippen molar-refractivity contribution in [1.82, 2.24) is 10.6 Å². The molecule has 4 nitrogen and oxygen atoms in total. The van der Waals surface area contributed by atoms with E-state index >= 15 is 0 Å². The molecule has 0 aromatic carbocycles. The van der Waals surface area contributed by atoms with E-state index in [2.05, 4.69) is 10.6 Å². The van der Waals surface area contributed by atoms with Crippen LogP contribution in [0.2, 0.25) is 0 Å². The minimum atomic E-state index is -0.735. The van der Waals surface area contributed by atoms with Gasteiger partial charge >= 0.3 is 5.97 Å². The number of hydrogen-bond donors (Lipinski definition) is 3. The highest BCUT2D eigenvalue weighted by Gasteiger charge is 2.46. The minimum Gasteiger partial charge on any atom is -0.480 e. The zero-order valence-corrected chi connectivity index (χ0v) is 6.78. The van der Waals surface area contributed by atoms with Crippen LogP contribution in [0.15, 0.2) is 0 Å². The van der Waals surface area contributed by atoms with Gasteiger partial charge in [-0.1, -0.05) is 0 Å². The molecule has 3 N–H and O–H groups in total. The molecule has 1 spiro atoms. The summed E-state index contributed by atoms with van der Waals surface area (Å²) in [4.78, 5) is 10.6. The second-order valence-corrected chi connectivity index (χ2v) is 4.35. The summed E-state index contributed by atoms with van der Waals surface area (Å²) in [6.45, 7) is 1.78. The predicted octanol–water partition coefficient (Wildman–Crippen LogP) is -0.924. The third kappa shape index (κ3) is 1.13. The molecule has 2 rings (SSSR count). The van der Waals surface area contributed by atoms with Crippen LogP contribution in [0, 0.1) is 0 Å². The van der Waals surface area contributed by atoms with Crippen LogP contribution in [-0.4, -0.2) is 40.8 Å². The molecule has 2 fully saturated rings. The topological polar surface area (TPSA) is 61.4 Å². The lowest BCUT2D eigenvalue weighted by Crippen LogP contribution is -2.64. The Balaban J connectivity index is 1.98. The number of carbonyl (C=O) groups is 1. The molecule has 0 unspecified atom stereocenters. The van der Waals surface area contributed by atoms with Gasteiger partial charge < -0.3 is 10.4 Å². The fourth-order valence-corrected chi connectivity index (χ4v) is 2.68. The Labute approximate surface area is 68.7 Å². The van der Waals surface area contributed by atoms with Crippen LogP contribution in [-0.2, 0) is 4.79 Å². The highest BCUT2D eigenvalue weighted by Crippen LogP contribution is 2.33. The van der Waals surface area contributed by atoms with Crippen molar-refractivity contribution in [1.29, 1.82) is 0 Å². The van der Waals surface area contributed by atoms with Crippen LogP contribution in [0.3, 0.4) is 0 Å². The van der Waals surface area contributed by atoms with Crippen molar-refractivity contribution < 1.29 is 9.90 Å². The molecule has 2 aliphatic heterocycles. The van der Waals surface area contributed by atoms with E-state index in [9.17, 15) is 4.79 Å². The average molecular weight is 174 g/mol. The highest BCUT2D eigenvalue weighted by atomic mass is 32.2. The maximum absolute atomic E-state index is 10.5. The molecule has 0 saturated carbocycles. The van der Waals surface area contributed by atoms with Gasteiger partial charge in [0.05, 0.1) is 4.87 Å². The summed E-state index contributed by atoms with van der Waals surface area (Å²) in [7, 11) is 0. The number of carboxylic acids is 1. The lowest BCUT2D eigenvalue weighted by molar-refractivity contribution is -0.139. The first kappa shape index (κ1) is 7.39.